The molecule has 2 aromatic carbocycles. The second kappa shape index (κ2) is 6.65. The van der Waals surface area contributed by atoms with E-state index in [-0.39, 0.29) is 5.92 Å². The van der Waals surface area contributed by atoms with E-state index >= 15 is 0 Å². The molecule has 120 valence electrons. The Hall–Kier alpha value is -1.97. The highest BCUT2D eigenvalue weighted by Gasteiger charge is 2.20. The molecule has 1 unspecified atom stereocenters. The Labute approximate surface area is 141 Å². The predicted molar refractivity (Wildman–Crippen MR) is 96.5 cm³/mol. The van der Waals surface area contributed by atoms with Crippen LogP contribution >= 0.6 is 11.6 Å². The summed E-state index contributed by atoms with van der Waals surface area (Å²) in [6.07, 6.45) is 0.795. The lowest BCUT2D eigenvalue weighted by atomic mass is 9.89. The topological polar surface area (TPSA) is 51.0 Å². The molecule has 0 fully saturated rings. The molecule has 0 aliphatic heterocycles. The van der Waals surface area contributed by atoms with Crippen molar-refractivity contribution >= 4 is 22.5 Å². The molecule has 0 saturated heterocycles. The SMILES string of the molecule is COc1ccc(Cl)cc1CC(CN)c1c(C)[nH]c2ccccc12. The minimum Gasteiger partial charge on any atom is -0.496 e. The van der Waals surface area contributed by atoms with Gasteiger partial charge in [-0.2, -0.15) is 0 Å². The summed E-state index contributed by atoms with van der Waals surface area (Å²) in [7, 11) is 1.68. The average molecular weight is 329 g/mol. The van der Waals surface area contributed by atoms with Crippen LogP contribution in [0.1, 0.15) is 22.7 Å². The first-order valence-electron chi connectivity index (χ1n) is 7.73. The van der Waals surface area contributed by atoms with Crippen molar-refractivity contribution in [1.82, 2.24) is 4.98 Å². The van der Waals surface area contributed by atoms with Crippen molar-refractivity contribution in [3.63, 3.8) is 0 Å². The number of hydrogen-bond donors (Lipinski definition) is 2. The van der Waals surface area contributed by atoms with Crippen molar-refractivity contribution in [3.05, 3.63) is 64.3 Å². The number of H-pyrrole nitrogens is 1. The highest BCUT2D eigenvalue weighted by Crippen LogP contribution is 2.33. The molecule has 3 rings (SSSR count). The van der Waals surface area contributed by atoms with Crippen LogP contribution in [0.5, 0.6) is 5.75 Å². The van der Waals surface area contributed by atoms with Gasteiger partial charge in [-0.15, -0.1) is 0 Å². The third-order valence-corrected chi connectivity index (χ3v) is 4.58. The molecule has 1 aromatic heterocycles. The molecule has 0 radical (unpaired) electrons. The van der Waals surface area contributed by atoms with Crippen LogP contribution in [-0.4, -0.2) is 18.6 Å². The number of halogens is 1. The number of aromatic nitrogens is 1. The maximum Gasteiger partial charge on any atom is 0.122 e. The van der Waals surface area contributed by atoms with Gasteiger partial charge in [0.2, 0.25) is 0 Å². The van der Waals surface area contributed by atoms with Gasteiger partial charge in [0.05, 0.1) is 7.11 Å². The van der Waals surface area contributed by atoms with Gasteiger partial charge in [-0.25, -0.2) is 0 Å². The molecule has 3 aromatic rings. The summed E-state index contributed by atoms with van der Waals surface area (Å²) in [6, 6.07) is 14.1. The molecule has 0 amide bonds. The van der Waals surface area contributed by atoms with Gasteiger partial charge < -0.3 is 15.5 Å². The van der Waals surface area contributed by atoms with Crippen LogP contribution in [0.4, 0.5) is 0 Å². The van der Waals surface area contributed by atoms with Crippen LogP contribution in [0.2, 0.25) is 5.02 Å². The molecule has 23 heavy (non-hydrogen) atoms. The van der Waals surface area contributed by atoms with E-state index < -0.39 is 0 Å². The van der Waals surface area contributed by atoms with E-state index in [1.807, 2.05) is 24.3 Å². The maximum atomic E-state index is 6.16. The summed E-state index contributed by atoms with van der Waals surface area (Å²) in [5.74, 6) is 1.06. The Balaban J connectivity index is 2.03. The number of ether oxygens (including phenoxy) is 1. The number of hydrogen-bond acceptors (Lipinski definition) is 2. The van der Waals surface area contributed by atoms with E-state index in [1.54, 1.807) is 7.11 Å². The quantitative estimate of drug-likeness (QED) is 0.728. The number of nitrogens with two attached hydrogens (primary N) is 1. The zero-order chi connectivity index (χ0) is 16.4. The molecule has 0 aliphatic rings. The van der Waals surface area contributed by atoms with Crippen molar-refractivity contribution in [2.45, 2.75) is 19.3 Å². The number of para-hydroxylation sites is 1. The minimum absolute atomic E-state index is 0.207. The van der Waals surface area contributed by atoms with E-state index in [0.717, 1.165) is 23.3 Å². The van der Waals surface area contributed by atoms with Crippen LogP contribution in [0, 0.1) is 6.92 Å². The number of rotatable bonds is 5. The van der Waals surface area contributed by atoms with E-state index in [9.17, 15) is 0 Å². The first-order valence-corrected chi connectivity index (χ1v) is 8.11. The largest absolute Gasteiger partial charge is 0.496 e. The molecular formula is C19H21ClN2O. The van der Waals surface area contributed by atoms with Gasteiger partial charge >= 0.3 is 0 Å². The Kier molecular flexibility index (Phi) is 4.60. The van der Waals surface area contributed by atoms with E-state index in [2.05, 4.69) is 30.1 Å². The predicted octanol–water partition coefficient (Wildman–Crippen LogP) is 4.42. The Bertz CT molecular complexity index is 825. The smallest absolute Gasteiger partial charge is 0.122 e. The number of nitrogens with one attached hydrogen (secondary N) is 1. The van der Waals surface area contributed by atoms with Gasteiger partial charge in [-0.3, -0.25) is 0 Å². The van der Waals surface area contributed by atoms with Crippen molar-refractivity contribution in [1.29, 1.82) is 0 Å². The summed E-state index contributed by atoms with van der Waals surface area (Å²) in [6.45, 7) is 2.67. The first kappa shape index (κ1) is 15.9. The van der Waals surface area contributed by atoms with Crippen molar-refractivity contribution < 1.29 is 4.74 Å². The molecular weight excluding hydrogens is 308 g/mol. The number of methoxy groups -OCH3 is 1. The number of benzene rings is 2. The van der Waals surface area contributed by atoms with Crippen LogP contribution in [0.15, 0.2) is 42.5 Å². The molecule has 1 heterocycles. The third-order valence-electron chi connectivity index (χ3n) is 4.34. The fourth-order valence-electron chi connectivity index (χ4n) is 3.30. The lowest BCUT2D eigenvalue weighted by Gasteiger charge is -2.18. The van der Waals surface area contributed by atoms with Gasteiger partial charge in [-0.05, 0) is 55.3 Å². The molecule has 0 spiro atoms. The van der Waals surface area contributed by atoms with Crippen molar-refractivity contribution in [2.24, 2.45) is 5.73 Å². The summed E-state index contributed by atoms with van der Waals surface area (Å²) in [5, 5.41) is 1.95. The Morgan fingerprint density at radius 2 is 2.00 bits per heavy atom. The summed E-state index contributed by atoms with van der Waals surface area (Å²) < 4.78 is 5.47. The zero-order valence-electron chi connectivity index (χ0n) is 13.4. The van der Waals surface area contributed by atoms with Crippen molar-refractivity contribution in [3.8, 4) is 5.75 Å². The van der Waals surface area contributed by atoms with E-state index in [1.165, 1.54) is 16.6 Å². The normalized spacial score (nSPS) is 12.5. The number of aryl methyl sites for hydroxylation is 1. The monoisotopic (exact) mass is 328 g/mol. The molecule has 0 bridgehead atoms. The van der Waals surface area contributed by atoms with E-state index in [0.29, 0.717) is 11.6 Å². The van der Waals surface area contributed by atoms with Crippen molar-refractivity contribution in [2.75, 3.05) is 13.7 Å². The van der Waals surface area contributed by atoms with E-state index in [4.69, 9.17) is 22.1 Å². The summed E-state index contributed by atoms with van der Waals surface area (Å²) in [4.78, 5) is 3.45. The van der Waals surface area contributed by atoms with Gasteiger partial charge in [0, 0.05) is 27.5 Å². The lowest BCUT2D eigenvalue weighted by Crippen LogP contribution is -2.16. The van der Waals surface area contributed by atoms with Crippen LogP contribution in [-0.2, 0) is 6.42 Å². The maximum absolute atomic E-state index is 6.16. The fraction of sp³-hybridized carbons (Fsp3) is 0.263. The molecule has 1 atom stereocenters. The molecule has 0 aliphatic carbocycles. The van der Waals surface area contributed by atoms with Gasteiger partial charge in [-0.1, -0.05) is 29.8 Å². The van der Waals surface area contributed by atoms with Crippen LogP contribution in [0.25, 0.3) is 10.9 Å². The lowest BCUT2D eigenvalue weighted by molar-refractivity contribution is 0.408. The highest BCUT2D eigenvalue weighted by molar-refractivity contribution is 6.30. The first-order chi connectivity index (χ1) is 11.1. The fourth-order valence-corrected chi connectivity index (χ4v) is 3.49. The van der Waals surface area contributed by atoms with Crippen LogP contribution in [0.3, 0.4) is 0 Å². The molecule has 3 N–H and O–H groups in total. The second-order valence-corrected chi connectivity index (χ2v) is 6.24. The highest BCUT2D eigenvalue weighted by atomic mass is 35.5. The second-order valence-electron chi connectivity index (χ2n) is 5.80. The molecule has 4 heteroatoms. The number of aromatic amines is 1. The van der Waals surface area contributed by atoms with Gasteiger partial charge in [0.1, 0.15) is 5.75 Å². The third kappa shape index (κ3) is 3.07. The number of fused-ring (bicyclic) bond motifs is 1. The average Bonchev–Trinajstić information content (AvgIpc) is 2.88. The van der Waals surface area contributed by atoms with Gasteiger partial charge in [0.15, 0.2) is 0 Å². The van der Waals surface area contributed by atoms with Crippen LogP contribution < -0.4 is 10.5 Å². The Morgan fingerprint density at radius 1 is 1.22 bits per heavy atom. The summed E-state index contributed by atoms with van der Waals surface area (Å²) >= 11 is 6.16. The zero-order valence-corrected chi connectivity index (χ0v) is 14.2. The standard InChI is InChI=1S/C19H21ClN2O/c1-12-19(16-5-3-4-6-17(16)22-12)14(11-21)9-13-10-15(20)7-8-18(13)23-2/h3-8,10,14,22H,9,11,21H2,1-2H3. The minimum atomic E-state index is 0.207. The van der Waals surface area contributed by atoms with Gasteiger partial charge in [0.25, 0.3) is 0 Å². The molecule has 0 saturated carbocycles. The Morgan fingerprint density at radius 3 is 2.74 bits per heavy atom. The molecule has 3 nitrogen and oxygen atoms in total. The summed E-state index contributed by atoms with van der Waals surface area (Å²) in [5.41, 5.74) is 10.8.